The lowest BCUT2D eigenvalue weighted by molar-refractivity contribution is 0.0746. The molecule has 0 bridgehead atoms. The van der Waals surface area contributed by atoms with E-state index in [4.69, 9.17) is 5.73 Å². The molecule has 4 heteroatoms. The van der Waals surface area contributed by atoms with Crippen molar-refractivity contribution in [3.63, 3.8) is 0 Å². The van der Waals surface area contributed by atoms with Gasteiger partial charge >= 0.3 is 0 Å². The Hall–Kier alpha value is -1.45. The predicted octanol–water partition coefficient (Wildman–Crippen LogP) is 2.64. The summed E-state index contributed by atoms with van der Waals surface area (Å²) < 4.78 is 0. The maximum Gasteiger partial charge on any atom is 0.270 e. The zero-order valence-corrected chi connectivity index (χ0v) is 10.8. The fourth-order valence-corrected chi connectivity index (χ4v) is 1.72. The van der Waals surface area contributed by atoms with Gasteiger partial charge in [-0.3, -0.25) is 4.79 Å². The molecule has 17 heavy (non-hydrogen) atoms. The van der Waals surface area contributed by atoms with E-state index in [1.807, 2.05) is 4.90 Å². The van der Waals surface area contributed by atoms with Crippen molar-refractivity contribution in [1.29, 1.82) is 0 Å². The van der Waals surface area contributed by atoms with Crippen molar-refractivity contribution in [2.45, 2.75) is 39.5 Å². The molecule has 0 saturated carbocycles. The minimum Gasteiger partial charge on any atom is -0.397 e. The molecule has 0 spiro atoms. The van der Waals surface area contributed by atoms with Crippen LogP contribution in [0.4, 0.5) is 5.69 Å². The van der Waals surface area contributed by atoms with Crippen LogP contribution in [0.15, 0.2) is 12.3 Å². The van der Waals surface area contributed by atoms with Gasteiger partial charge in [0.1, 0.15) is 5.69 Å². The molecule has 0 radical (unpaired) electrons. The first kappa shape index (κ1) is 13.6. The molecule has 0 aliphatic carbocycles. The van der Waals surface area contributed by atoms with E-state index in [1.165, 1.54) is 0 Å². The molecule has 1 rings (SSSR count). The molecular weight excluding hydrogens is 214 g/mol. The van der Waals surface area contributed by atoms with E-state index < -0.39 is 0 Å². The summed E-state index contributed by atoms with van der Waals surface area (Å²) in [6.45, 7) is 5.92. The highest BCUT2D eigenvalue weighted by atomic mass is 16.2. The summed E-state index contributed by atoms with van der Waals surface area (Å²) >= 11 is 0. The summed E-state index contributed by atoms with van der Waals surface area (Å²) in [5, 5.41) is 0. The van der Waals surface area contributed by atoms with Gasteiger partial charge in [-0.1, -0.05) is 26.7 Å². The van der Waals surface area contributed by atoms with Gasteiger partial charge in [-0.2, -0.15) is 0 Å². The van der Waals surface area contributed by atoms with Crippen LogP contribution < -0.4 is 5.73 Å². The number of hydrogen-bond donors (Lipinski definition) is 2. The predicted molar refractivity (Wildman–Crippen MR) is 70.9 cm³/mol. The summed E-state index contributed by atoms with van der Waals surface area (Å²) in [4.78, 5) is 17.0. The first-order chi connectivity index (χ1) is 8.19. The monoisotopic (exact) mass is 237 g/mol. The number of nitrogens with two attached hydrogens (primary N) is 1. The van der Waals surface area contributed by atoms with Gasteiger partial charge in [0.2, 0.25) is 0 Å². The van der Waals surface area contributed by atoms with E-state index in [0.717, 1.165) is 38.8 Å². The van der Waals surface area contributed by atoms with Crippen LogP contribution in [0, 0.1) is 0 Å². The third kappa shape index (κ3) is 4.13. The molecule has 3 N–H and O–H groups in total. The van der Waals surface area contributed by atoms with E-state index in [1.54, 1.807) is 12.3 Å². The Balaban J connectivity index is 2.64. The number of H-pyrrole nitrogens is 1. The molecule has 1 amide bonds. The Labute approximate surface area is 103 Å². The fourth-order valence-electron chi connectivity index (χ4n) is 1.72. The van der Waals surface area contributed by atoms with Crippen LogP contribution in [0.5, 0.6) is 0 Å². The topological polar surface area (TPSA) is 62.1 Å². The smallest absolute Gasteiger partial charge is 0.270 e. The maximum atomic E-state index is 12.2. The molecule has 96 valence electrons. The molecule has 1 heterocycles. The van der Waals surface area contributed by atoms with Crippen LogP contribution in [0.2, 0.25) is 0 Å². The molecular formula is C13H23N3O. The molecule has 0 atom stereocenters. The molecule has 4 nitrogen and oxygen atoms in total. The van der Waals surface area contributed by atoms with Crippen LogP contribution >= 0.6 is 0 Å². The largest absolute Gasteiger partial charge is 0.397 e. The number of anilines is 1. The van der Waals surface area contributed by atoms with E-state index in [-0.39, 0.29) is 5.91 Å². The van der Waals surface area contributed by atoms with Crippen molar-refractivity contribution in [2.24, 2.45) is 0 Å². The molecule has 0 aromatic carbocycles. The van der Waals surface area contributed by atoms with Gasteiger partial charge in [0, 0.05) is 25.0 Å². The molecule has 0 saturated heterocycles. The van der Waals surface area contributed by atoms with Crippen molar-refractivity contribution in [3.8, 4) is 0 Å². The number of nitrogens with zero attached hydrogens (tertiary/aromatic N) is 1. The summed E-state index contributed by atoms with van der Waals surface area (Å²) in [5.41, 5.74) is 6.82. The average Bonchev–Trinajstić information content (AvgIpc) is 2.75. The lowest BCUT2D eigenvalue weighted by Crippen LogP contribution is -2.33. The van der Waals surface area contributed by atoms with E-state index >= 15 is 0 Å². The molecule has 0 aliphatic rings. The number of nitrogens with one attached hydrogen (secondary N) is 1. The minimum absolute atomic E-state index is 0.0589. The Kier molecular flexibility index (Phi) is 5.60. The third-order valence-corrected chi connectivity index (χ3v) is 2.79. The van der Waals surface area contributed by atoms with Crippen molar-refractivity contribution >= 4 is 11.6 Å². The minimum atomic E-state index is 0.0589. The maximum absolute atomic E-state index is 12.2. The van der Waals surface area contributed by atoms with Gasteiger partial charge in [0.05, 0.1) is 0 Å². The van der Waals surface area contributed by atoms with Crippen molar-refractivity contribution in [1.82, 2.24) is 9.88 Å². The highest BCUT2D eigenvalue weighted by Crippen LogP contribution is 2.10. The molecule has 0 aliphatic heterocycles. The van der Waals surface area contributed by atoms with E-state index in [0.29, 0.717) is 11.4 Å². The number of aromatic nitrogens is 1. The lowest BCUT2D eigenvalue weighted by atomic mass is 10.2. The number of hydrogen-bond acceptors (Lipinski definition) is 2. The van der Waals surface area contributed by atoms with Gasteiger partial charge in [0.15, 0.2) is 0 Å². The second-order valence-corrected chi connectivity index (χ2v) is 4.35. The molecule has 1 aromatic heterocycles. The standard InChI is InChI=1S/C13H23N3O/c1-3-5-7-16(8-6-4-2)13(17)12-9-11(14)10-15-12/h9-10,15H,3-8,14H2,1-2H3. The number of carbonyl (C=O) groups is 1. The van der Waals surface area contributed by atoms with Gasteiger partial charge in [-0.25, -0.2) is 0 Å². The fraction of sp³-hybridized carbons (Fsp3) is 0.615. The van der Waals surface area contributed by atoms with Crippen molar-refractivity contribution < 1.29 is 4.79 Å². The number of unbranched alkanes of at least 4 members (excludes halogenated alkanes) is 2. The van der Waals surface area contributed by atoms with Crippen LogP contribution in [0.3, 0.4) is 0 Å². The summed E-state index contributed by atoms with van der Waals surface area (Å²) in [6, 6.07) is 1.70. The summed E-state index contributed by atoms with van der Waals surface area (Å²) in [6.07, 6.45) is 5.95. The van der Waals surface area contributed by atoms with Gasteiger partial charge < -0.3 is 15.6 Å². The zero-order valence-electron chi connectivity index (χ0n) is 10.8. The molecule has 0 fully saturated rings. The van der Waals surface area contributed by atoms with Crippen molar-refractivity contribution in [2.75, 3.05) is 18.8 Å². The third-order valence-electron chi connectivity index (χ3n) is 2.79. The quantitative estimate of drug-likeness (QED) is 0.765. The SMILES string of the molecule is CCCCN(CCCC)C(=O)c1cc(N)c[nH]1. The van der Waals surface area contributed by atoms with Gasteiger partial charge in [-0.15, -0.1) is 0 Å². The Morgan fingerprint density at radius 3 is 2.29 bits per heavy atom. The van der Waals surface area contributed by atoms with E-state index in [9.17, 15) is 4.79 Å². The van der Waals surface area contributed by atoms with E-state index in [2.05, 4.69) is 18.8 Å². The molecule has 1 aromatic rings. The number of amides is 1. The Morgan fingerprint density at radius 2 is 1.88 bits per heavy atom. The highest BCUT2D eigenvalue weighted by Gasteiger charge is 2.15. The number of nitrogen functional groups attached to an aromatic ring is 1. The van der Waals surface area contributed by atoms with Crippen molar-refractivity contribution in [3.05, 3.63) is 18.0 Å². The Bertz CT molecular complexity index is 338. The number of rotatable bonds is 7. The van der Waals surface area contributed by atoms with Crippen LogP contribution in [-0.2, 0) is 0 Å². The molecule has 0 unspecified atom stereocenters. The highest BCUT2D eigenvalue weighted by molar-refractivity contribution is 5.93. The first-order valence-corrected chi connectivity index (χ1v) is 6.42. The van der Waals surface area contributed by atoms with Gasteiger partial charge in [0.25, 0.3) is 5.91 Å². The number of aromatic amines is 1. The normalized spacial score (nSPS) is 10.5. The summed E-state index contributed by atoms with van der Waals surface area (Å²) in [7, 11) is 0. The van der Waals surface area contributed by atoms with Gasteiger partial charge in [-0.05, 0) is 18.9 Å². The van der Waals surface area contributed by atoms with Crippen LogP contribution in [-0.4, -0.2) is 28.9 Å². The van der Waals surface area contributed by atoms with Crippen LogP contribution in [0.1, 0.15) is 50.0 Å². The summed E-state index contributed by atoms with van der Waals surface area (Å²) in [5.74, 6) is 0.0589. The first-order valence-electron chi connectivity index (χ1n) is 6.42. The second-order valence-electron chi connectivity index (χ2n) is 4.35. The average molecular weight is 237 g/mol. The van der Waals surface area contributed by atoms with Crippen LogP contribution in [0.25, 0.3) is 0 Å². The number of carbonyl (C=O) groups excluding carboxylic acids is 1. The lowest BCUT2D eigenvalue weighted by Gasteiger charge is -2.21. The Morgan fingerprint density at radius 1 is 1.29 bits per heavy atom. The second kappa shape index (κ2) is 6.99. The zero-order chi connectivity index (χ0) is 12.7.